The highest BCUT2D eigenvalue weighted by Gasteiger charge is 2.21. The lowest BCUT2D eigenvalue weighted by Gasteiger charge is -2.20. The second-order valence-corrected chi connectivity index (χ2v) is 6.25. The van der Waals surface area contributed by atoms with Crippen LogP contribution in [0, 0.1) is 12.7 Å². The van der Waals surface area contributed by atoms with Crippen molar-refractivity contribution in [1.29, 1.82) is 0 Å². The molecular formula is C11H16FN3S2. The van der Waals surface area contributed by atoms with Crippen molar-refractivity contribution < 1.29 is 4.39 Å². The maximum atomic E-state index is 13.7. The van der Waals surface area contributed by atoms with E-state index in [4.69, 9.17) is 0 Å². The van der Waals surface area contributed by atoms with E-state index in [0.29, 0.717) is 23.3 Å². The summed E-state index contributed by atoms with van der Waals surface area (Å²) < 4.78 is 13.7. The van der Waals surface area contributed by atoms with Gasteiger partial charge in [0.2, 0.25) is 0 Å². The molecule has 0 aliphatic carbocycles. The van der Waals surface area contributed by atoms with E-state index in [2.05, 4.69) is 15.3 Å². The van der Waals surface area contributed by atoms with Gasteiger partial charge in [-0.3, -0.25) is 0 Å². The summed E-state index contributed by atoms with van der Waals surface area (Å²) in [4.78, 5) is 8.59. The minimum atomic E-state index is -0.330. The van der Waals surface area contributed by atoms with Crippen molar-refractivity contribution in [1.82, 2.24) is 9.97 Å². The van der Waals surface area contributed by atoms with E-state index in [-0.39, 0.29) is 5.82 Å². The van der Waals surface area contributed by atoms with E-state index >= 15 is 0 Å². The number of hydrogen-bond donors (Lipinski definition) is 1. The third-order valence-corrected chi connectivity index (χ3v) is 5.23. The first-order valence-electron chi connectivity index (χ1n) is 5.69. The Kier molecular flexibility index (Phi) is 4.50. The third-order valence-electron chi connectivity index (χ3n) is 2.48. The molecule has 1 N–H and O–H groups in total. The zero-order valence-electron chi connectivity index (χ0n) is 9.99. The molecule has 0 saturated carbocycles. The summed E-state index contributed by atoms with van der Waals surface area (Å²) in [6.45, 7) is 4.29. The predicted molar refractivity (Wildman–Crippen MR) is 73.4 cm³/mol. The molecule has 2 rings (SSSR count). The van der Waals surface area contributed by atoms with Crippen LogP contribution in [0.3, 0.4) is 0 Å². The fraction of sp³-hybridized carbons (Fsp3) is 0.636. The van der Waals surface area contributed by atoms with E-state index in [1.165, 1.54) is 5.75 Å². The number of thioether (sulfide) groups is 2. The van der Waals surface area contributed by atoms with Gasteiger partial charge in [-0.05, 0) is 13.8 Å². The number of nitrogens with one attached hydrogen (secondary N) is 1. The van der Waals surface area contributed by atoms with Crippen LogP contribution in [-0.2, 0) is 0 Å². The first-order chi connectivity index (χ1) is 8.22. The number of nitrogens with zero attached hydrogens (tertiary/aromatic N) is 2. The molecule has 1 unspecified atom stereocenters. The summed E-state index contributed by atoms with van der Waals surface area (Å²) >= 11 is 3.77. The molecule has 6 heteroatoms. The van der Waals surface area contributed by atoms with Gasteiger partial charge in [-0.1, -0.05) is 0 Å². The van der Waals surface area contributed by atoms with Gasteiger partial charge in [-0.15, -0.1) is 11.8 Å². The molecule has 1 fully saturated rings. The van der Waals surface area contributed by atoms with Crippen molar-refractivity contribution in [2.45, 2.75) is 19.1 Å². The molecule has 2 heterocycles. The van der Waals surface area contributed by atoms with Gasteiger partial charge in [-0.25, -0.2) is 14.4 Å². The molecule has 1 aromatic heterocycles. The third kappa shape index (κ3) is 3.04. The maximum Gasteiger partial charge on any atom is 0.186 e. The molecule has 3 nitrogen and oxygen atoms in total. The maximum absolute atomic E-state index is 13.7. The van der Waals surface area contributed by atoms with Gasteiger partial charge < -0.3 is 5.32 Å². The van der Waals surface area contributed by atoms with Gasteiger partial charge in [0.15, 0.2) is 11.6 Å². The van der Waals surface area contributed by atoms with Crippen LogP contribution < -0.4 is 5.32 Å². The summed E-state index contributed by atoms with van der Waals surface area (Å²) in [6.07, 6.45) is 0. The van der Waals surface area contributed by atoms with Crippen LogP contribution in [0.5, 0.6) is 0 Å². The van der Waals surface area contributed by atoms with Crippen LogP contribution in [0.2, 0.25) is 0 Å². The van der Waals surface area contributed by atoms with Gasteiger partial charge in [0.25, 0.3) is 0 Å². The molecule has 0 bridgehead atoms. The van der Waals surface area contributed by atoms with Crippen molar-refractivity contribution in [2.24, 2.45) is 0 Å². The van der Waals surface area contributed by atoms with Crippen LogP contribution in [-0.4, -0.2) is 33.8 Å². The van der Waals surface area contributed by atoms with Crippen molar-refractivity contribution in [3.05, 3.63) is 17.3 Å². The average Bonchev–Trinajstić information content (AvgIpc) is 2.36. The summed E-state index contributed by atoms with van der Waals surface area (Å²) in [7, 11) is 0. The fourth-order valence-electron chi connectivity index (χ4n) is 1.65. The summed E-state index contributed by atoms with van der Waals surface area (Å²) in [5.41, 5.74) is 0.433. The topological polar surface area (TPSA) is 37.8 Å². The lowest BCUT2D eigenvalue weighted by atomic mass is 10.3. The Morgan fingerprint density at radius 2 is 2.24 bits per heavy atom. The number of halogens is 1. The largest absolute Gasteiger partial charge is 0.368 e. The van der Waals surface area contributed by atoms with Gasteiger partial charge in [0.1, 0.15) is 5.82 Å². The molecule has 0 spiro atoms. The molecule has 1 aliphatic rings. The van der Waals surface area contributed by atoms with Gasteiger partial charge in [0.05, 0.1) is 10.9 Å². The van der Waals surface area contributed by atoms with Gasteiger partial charge >= 0.3 is 0 Å². The highest BCUT2D eigenvalue weighted by molar-refractivity contribution is 8.06. The summed E-state index contributed by atoms with van der Waals surface area (Å²) in [5.74, 6) is 4.08. The Labute approximate surface area is 109 Å². The standard InChI is InChI=1S/C11H16FN3S2/c1-3-13-11-9(12)7(2)14-10(15-11)8-6-16-4-5-17-8/h8H,3-6H2,1-2H3,(H,13,14,15). The second kappa shape index (κ2) is 5.91. The normalized spacial score (nSPS) is 20.3. The van der Waals surface area contributed by atoms with E-state index < -0.39 is 0 Å². The molecule has 0 amide bonds. The molecule has 0 aromatic carbocycles. The number of aromatic nitrogens is 2. The van der Waals surface area contributed by atoms with Crippen molar-refractivity contribution >= 4 is 29.3 Å². The van der Waals surface area contributed by atoms with Crippen LogP contribution in [0.1, 0.15) is 23.7 Å². The van der Waals surface area contributed by atoms with Crippen LogP contribution in [0.15, 0.2) is 0 Å². The lowest BCUT2D eigenvalue weighted by Crippen LogP contribution is -2.14. The number of hydrogen-bond acceptors (Lipinski definition) is 5. The fourth-order valence-corrected chi connectivity index (χ4v) is 4.24. The SMILES string of the molecule is CCNc1nc(C2CSCCS2)nc(C)c1F. The van der Waals surface area contributed by atoms with E-state index in [1.54, 1.807) is 6.92 Å². The number of aryl methyl sites for hydroxylation is 1. The Hall–Kier alpha value is -0.490. The number of rotatable bonds is 3. The monoisotopic (exact) mass is 273 g/mol. The van der Waals surface area contributed by atoms with E-state index in [9.17, 15) is 4.39 Å². The first-order valence-corrected chi connectivity index (χ1v) is 7.90. The smallest absolute Gasteiger partial charge is 0.186 e. The highest BCUT2D eigenvalue weighted by Crippen LogP contribution is 2.35. The molecular weight excluding hydrogens is 257 g/mol. The Bertz CT molecular complexity index is 395. The number of anilines is 1. The Morgan fingerprint density at radius 3 is 2.88 bits per heavy atom. The quantitative estimate of drug-likeness (QED) is 0.916. The minimum Gasteiger partial charge on any atom is -0.368 e. The summed E-state index contributed by atoms with van der Waals surface area (Å²) in [6, 6.07) is 0. The van der Waals surface area contributed by atoms with Crippen molar-refractivity contribution in [3.8, 4) is 0 Å². The van der Waals surface area contributed by atoms with Crippen molar-refractivity contribution in [3.63, 3.8) is 0 Å². The molecule has 1 aliphatic heterocycles. The van der Waals surface area contributed by atoms with Crippen LogP contribution in [0.4, 0.5) is 10.2 Å². The zero-order valence-corrected chi connectivity index (χ0v) is 11.6. The molecule has 1 saturated heterocycles. The van der Waals surface area contributed by atoms with E-state index in [0.717, 1.165) is 17.3 Å². The summed E-state index contributed by atoms with van der Waals surface area (Å²) in [5, 5.41) is 3.25. The Balaban J connectivity index is 2.27. The van der Waals surface area contributed by atoms with Crippen LogP contribution in [0.25, 0.3) is 0 Å². The highest BCUT2D eigenvalue weighted by atomic mass is 32.2. The van der Waals surface area contributed by atoms with E-state index in [1.807, 2.05) is 30.4 Å². The molecule has 1 aromatic rings. The second-order valence-electron chi connectivity index (χ2n) is 3.79. The Morgan fingerprint density at radius 1 is 1.41 bits per heavy atom. The van der Waals surface area contributed by atoms with Crippen LogP contribution >= 0.6 is 23.5 Å². The lowest BCUT2D eigenvalue weighted by molar-refractivity contribution is 0.600. The molecule has 94 valence electrons. The first kappa shape index (κ1) is 13.0. The predicted octanol–water partition coefficient (Wildman–Crippen LogP) is 2.88. The van der Waals surface area contributed by atoms with Gasteiger partial charge in [0, 0.05) is 23.8 Å². The minimum absolute atomic E-state index is 0.297. The van der Waals surface area contributed by atoms with Crippen molar-refractivity contribution in [2.75, 3.05) is 29.1 Å². The molecule has 17 heavy (non-hydrogen) atoms. The van der Waals surface area contributed by atoms with Gasteiger partial charge in [-0.2, -0.15) is 11.8 Å². The molecule has 1 atom stereocenters. The zero-order chi connectivity index (χ0) is 12.3. The molecule has 0 radical (unpaired) electrons. The average molecular weight is 273 g/mol.